The maximum atomic E-state index is 4.92. The predicted molar refractivity (Wildman–Crippen MR) is 110 cm³/mol. The van der Waals surface area contributed by atoms with E-state index in [4.69, 9.17) is 4.98 Å². The van der Waals surface area contributed by atoms with E-state index in [2.05, 4.69) is 56.2 Å². The van der Waals surface area contributed by atoms with Crippen LogP contribution in [0.3, 0.4) is 0 Å². The number of hydrogen-bond donors (Lipinski definition) is 1. The van der Waals surface area contributed by atoms with Crippen LogP contribution in [0.2, 0.25) is 0 Å². The van der Waals surface area contributed by atoms with Gasteiger partial charge < -0.3 is 5.32 Å². The van der Waals surface area contributed by atoms with Crippen molar-refractivity contribution in [3.05, 3.63) is 46.2 Å². The summed E-state index contributed by atoms with van der Waals surface area (Å²) < 4.78 is 2.77. The summed E-state index contributed by atoms with van der Waals surface area (Å²) in [6.07, 6.45) is 9.42. The fourth-order valence-electron chi connectivity index (χ4n) is 3.96. The lowest BCUT2D eigenvalue weighted by Crippen LogP contribution is -2.12. The summed E-state index contributed by atoms with van der Waals surface area (Å²) in [6, 6.07) is 2.15. The van der Waals surface area contributed by atoms with Crippen molar-refractivity contribution in [1.82, 2.24) is 24.6 Å². The van der Waals surface area contributed by atoms with Gasteiger partial charge in [-0.1, -0.05) is 20.3 Å². The Kier molecular flexibility index (Phi) is 5.12. The third-order valence-corrected chi connectivity index (χ3v) is 6.23. The molecule has 0 bridgehead atoms. The highest BCUT2D eigenvalue weighted by atomic mass is 79.9. The molecule has 1 aliphatic rings. The average molecular weight is 429 g/mol. The number of anilines is 1. The molecule has 3 atom stereocenters. The molecule has 3 aromatic heterocycles. The van der Waals surface area contributed by atoms with E-state index >= 15 is 0 Å². The Morgan fingerprint density at radius 3 is 2.74 bits per heavy atom. The Labute approximate surface area is 168 Å². The van der Waals surface area contributed by atoms with Gasteiger partial charge in [0.1, 0.15) is 11.6 Å². The highest BCUT2D eigenvalue weighted by Gasteiger charge is 2.28. The standard InChI is InChI=1S/C20H25BrN6/c1-12-4-5-16(6-12)13(2)18-7-19(27-20(26-18)17(21)11-25-27)24-10-15-8-22-14(3)23-9-15/h7-9,11-13,16,24H,4-6,10H2,1-3H3. The quantitative estimate of drug-likeness (QED) is 0.635. The van der Waals surface area contributed by atoms with Crippen LogP contribution in [0.5, 0.6) is 0 Å². The number of fused-ring (bicyclic) bond motifs is 1. The lowest BCUT2D eigenvalue weighted by Gasteiger charge is -2.20. The van der Waals surface area contributed by atoms with Gasteiger partial charge in [0.2, 0.25) is 0 Å². The van der Waals surface area contributed by atoms with Crippen LogP contribution in [0, 0.1) is 18.8 Å². The molecule has 0 saturated heterocycles. The highest BCUT2D eigenvalue weighted by molar-refractivity contribution is 9.10. The van der Waals surface area contributed by atoms with Crippen molar-refractivity contribution < 1.29 is 0 Å². The van der Waals surface area contributed by atoms with E-state index in [1.807, 2.05) is 23.8 Å². The Hall–Kier alpha value is -2.02. The van der Waals surface area contributed by atoms with Crippen LogP contribution in [-0.2, 0) is 6.54 Å². The van der Waals surface area contributed by atoms with Crippen LogP contribution in [0.15, 0.2) is 29.1 Å². The van der Waals surface area contributed by atoms with Gasteiger partial charge in [-0.3, -0.25) is 0 Å². The van der Waals surface area contributed by atoms with E-state index in [0.717, 1.165) is 38.9 Å². The molecule has 0 aliphatic heterocycles. The van der Waals surface area contributed by atoms with Crippen molar-refractivity contribution in [2.24, 2.45) is 11.8 Å². The number of rotatable bonds is 5. The number of hydrogen-bond acceptors (Lipinski definition) is 5. The SMILES string of the molecule is Cc1ncc(CNc2cc(C(C)C3CCC(C)C3)nc3c(Br)cnn23)cn1. The van der Waals surface area contributed by atoms with E-state index in [-0.39, 0.29) is 0 Å². The molecular weight excluding hydrogens is 404 g/mol. The third kappa shape index (κ3) is 3.83. The summed E-state index contributed by atoms with van der Waals surface area (Å²) in [5.41, 5.74) is 3.02. The molecule has 1 saturated carbocycles. The largest absolute Gasteiger partial charge is 0.366 e. The van der Waals surface area contributed by atoms with Gasteiger partial charge in [-0.2, -0.15) is 9.61 Å². The van der Waals surface area contributed by atoms with Crippen LogP contribution in [0.1, 0.15) is 56.1 Å². The molecule has 27 heavy (non-hydrogen) atoms. The third-order valence-electron chi connectivity index (χ3n) is 5.67. The molecule has 3 unspecified atom stereocenters. The van der Waals surface area contributed by atoms with Crippen LogP contribution in [0.25, 0.3) is 5.65 Å². The molecule has 7 heteroatoms. The Morgan fingerprint density at radius 2 is 2.04 bits per heavy atom. The molecule has 3 heterocycles. The summed E-state index contributed by atoms with van der Waals surface area (Å²) in [4.78, 5) is 13.5. The van der Waals surface area contributed by atoms with Gasteiger partial charge in [-0.15, -0.1) is 0 Å². The van der Waals surface area contributed by atoms with E-state index in [0.29, 0.717) is 18.4 Å². The zero-order valence-corrected chi connectivity index (χ0v) is 17.6. The lowest BCUT2D eigenvalue weighted by molar-refractivity contribution is 0.436. The average Bonchev–Trinajstić information content (AvgIpc) is 3.26. The molecule has 1 fully saturated rings. The molecule has 3 aromatic rings. The zero-order chi connectivity index (χ0) is 19.0. The molecule has 0 radical (unpaired) electrons. The molecule has 142 valence electrons. The fourth-order valence-corrected chi connectivity index (χ4v) is 4.31. The summed E-state index contributed by atoms with van der Waals surface area (Å²) in [7, 11) is 0. The maximum Gasteiger partial charge on any atom is 0.171 e. The number of halogens is 1. The van der Waals surface area contributed by atoms with E-state index in [1.54, 1.807) is 6.20 Å². The van der Waals surface area contributed by atoms with Gasteiger partial charge in [0.25, 0.3) is 0 Å². The maximum absolute atomic E-state index is 4.92. The second-order valence-corrected chi connectivity index (χ2v) is 8.61. The minimum Gasteiger partial charge on any atom is -0.366 e. The van der Waals surface area contributed by atoms with Gasteiger partial charge in [0.15, 0.2) is 5.65 Å². The molecule has 1 aliphatic carbocycles. The van der Waals surface area contributed by atoms with Gasteiger partial charge in [0, 0.05) is 42.2 Å². The number of aryl methyl sites for hydroxylation is 1. The van der Waals surface area contributed by atoms with Crippen LogP contribution < -0.4 is 5.32 Å². The fraction of sp³-hybridized carbons (Fsp3) is 0.500. The number of aromatic nitrogens is 5. The van der Waals surface area contributed by atoms with Crippen molar-refractivity contribution in [2.75, 3.05) is 5.32 Å². The van der Waals surface area contributed by atoms with Crippen molar-refractivity contribution in [3.63, 3.8) is 0 Å². The van der Waals surface area contributed by atoms with E-state index in [1.165, 1.54) is 19.3 Å². The van der Waals surface area contributed by atoms with Crippen molar-refractivity contribution >= 4 is 27.4 Å². The summed E-state index contributed by atoms with van der Waals surface area (Å²) in [6.45, 7) is 7.20. The Bertz CT molecular complexity index is 936. The predicted octanol–water partition coefficient (Wildman–Crippen LogP) is 4.74. The van der Waals surface area contributed by atoms with E-state index < -0.39 is 0 Å². The smallest absolute Gasteiger partial charge is 0.171 e. The van der Waals surface area contributed by atoms with Crippen molar-refractivity contribution in [1.29, 1.82) is 0 Å². The Balaban J connectivity index is 1.63. The first-order valence-corrected chi connectivity index (χ1v) is 10.4. The molecule has 0 amide bonds. The second-order valence-electron chi connectivity index (χ2n) is 7.75. The van der Waals surface area contributed by atoms with Crippen LogP contribution in [-0.4, -0.2) is 24.6 Å². The Morgan fingerprint density at radius 1 is 1.26 bits per heavy atom. The molecule has 0 aromatic carbocycles. The zero-order valence-electron chi connectivity index (χ0n) is 16.0. The van der Waals surface area contributed by atoms with Gasteiger partial charge in [-0.25, -0.2) is 15.0 Å². The molecule has 6 nitrogen and oxygen atoms in total. The summed E-state index contributed by atoms with van der Waals surface area (Å²) in [5, 5.41) is 7.96. The first-order valence-electron chi connectivity index (χ1n) is 9.57. The molecule has 0 spiro atoms. The topological polar surface area (TPSA) is 68.0 Å². The summed E-state index contributed by atoms with van der Waals surface area (Å²) in [5.74, 6) is 3.68. The molecule has 4 rings (SSSR count). The lowest BCUT2D eigenvalue weighted by atomic mass is 9.89. The molecule has 1 N–H and O–H groups in total. The van der Waals surface area contributed by atoms with Gasteiger partial charge in [-0.05, 0) is 47.5 Å². The first-order chi connectivity index (χ1) is 13.0. The monoisotopic (exact) mass is 428 g/mol. The van der Waals surface area contributed by atoms with Gasteiger partial charge in [0.05, 0.1) is 10.7 Å². The first kappa shape index (κ1) is 18.3. The highest BCUT2D eigenvalue weighted by Crippen LogP contribution is 2.40. The minimum absolute atomic E-state index is 0.435. The van der Waals surface area contributed by atoms with Crippen molar-refractivity contribution in [3.8, 4) is 0 Å². The number of nitrogens with zero attached hydrogens (tertiary/aromatic N) is 5. The van der Waals surface area contributed by atoms with Crippen LogP contribution in [0.4, 0.5) is 5.82 Å². The van der Waals surface area contributed by atoms with E-state index in [9.17, 15) is 0 Å². The normalized spacial score (nSPS) is 20.9. The number of nitrogens with one attached hydrogen (secondary N) is 1. The van der Waals surface area contributed by atoms with Gasteiger partial charge >= 0.3 is 0 Å². The molecular formula is C20H25BrN6. The second kappa shape index (κ2) is 7.54. The summed E-state index contributed by atoms with van der Waals surface area (Å²) >= 11 is 3.59. The van der Waals surface area contributed by atoms with Crippen molar-refractivity contribution in [2.45, 2.75) is 52.5 Å². The minimum atomic E-state index is 0.435. The van der Waals surface area contributed by atoms with Crippen LogP contribution >= 0.6 is 15.9 Å².